The van der Waals surface area contributed by atoms with Crippen LogP contribution in [-0.2, 0) is 14.2 Å². The van der Waals surface area contributed by atoms with Crippen LogP contribution in [0.15, 0.2) is 0 Å². The zero-order chi connectivity index (χ0) is 8.97. The summed E-state index contributed by atoms with van der Waals surface area (Å²) in [6, 6.07) is 0. The molecule has 1 aliphatic rings. The number of aliphatic hydroxyl groups is 1. The quantitative estimate of drug-likeness (QED) is 0.677. The normalized spacial score (nSPS) is 35.8. The van der Waals surface area contributed by atoms with Crippen molar-refractivity contribution in [3.05, 3.63) is 0 Å². The van der Waals surface area contributed by atoms with Gasteiger partial charge in [-0.05, 0) is 13.8 Å². The van der Waals surface area contributed by atoms with E-state index in [2.05, 4.69) is 0 Å². The molecule has 72 valence electrons. The van der Waals surface area contributed by atoms with Crippen LogP contribution in [0.25, 0.3) is 0 Å². The van der Waals surface area contributed by atoms with Gasteiger partial charge in [-0.15, -0.1) is 0 Å². The van der Waals surface area contributed by atoms with E-state index >= 15 is 0 Å². The molecule has 0 aliphatic carbocycles. The molecule has 1 fully saturated rings. The van der Waals surface area contributed by atoms with Crippen LogP contribution in [-0.4, -0.2) is 37.0 Å². The Morgan fingerprint density at radius 2 is 2.00 bits per heavy atom. The molecule has 0 radical (unpaired) electrons. The molecule has 4 heteroatoms. The van der Waals surface area contributed by atoms with E-state index in [1.807, 2.05) is 13.8 Å². The Morgan fingerprint density at radius 3 is 2.58 bits per heavy atom. The number of rotatable bonds is 4. The Morgan fingerprint density at radius 1 is 1.33 bits per heavy atom. The Bertz CT molecular complexity index is 128. The summed E-state index contributed by atoms with van der Waals surface area (Å²) >= 11 is 0. The highest BCUT2D eigenvalue weighted by Gasteiger charge is 2.34. The molecule has 1 N–H and O–H groups in total. The summed E-state index contributed by atoms with van der Waals surface area (Å²) in [5.74, 6) is 0. The highest BCUT2D eigenvalue weighted by Crippen LogP contribution is 2.21. The van der Waals surface area contributed by atoms with Crippen LogP contribution >= 0.6 is 0 Å². The lowest BCUT2D eigenvalue weighted by atomic mass is 10.3. The summed E-state index contributed by atoms with van der Waals surface area (Å²) < 4.78 is 15.6. The monoisotopic (exact) mass is 176 g/mol. The molecule has 0 aromatic carbocycles. The van der Waals surface area contributed by atoms with Crippen LogP contribution < -0.4 is 0 Å². The van der Waals surface area contributed by atoms with Gasteiger partial charge in [-0.2, -0.15) is 0 Å². The first-order valence-corrected chi connectivity index (χ1v) is 4.34. The van der Waals surface area contributed by atoms with Crippen molar-refractivity contribution in [1.82, 2.24) is 0 Å². The lowest BCUT2D eigenvalue weighted by molar-refractivity contribution is -0.214. The maximum atomic E-state index is 9.39. The minimum atomic E-state index is -0.554. The van der Waals surface area contributed by atoms with Crippen LogP contribution in [0.5, 0.6) is 0 Å². The Hall–Kier alpha value is -0.160. The molecule has 4 nitrogen and oxygen atoms in total. The largest absolute Gasteiger partial charge is 0.388 e. The van der Waals surface area contributed by atoms with Crippen molar-refractivity contribution in [3.8, 4) is 0 Å². The summed E-state index contributed by atoms with van der Waals surface area (Å²) in [6.07, 6.45) is -0.868. The summed E-state index contributed by atoms with van der Waals surface area (Å²) in [5, 5.41) is 9.39. The molecule has 0 aromatic heterocycles. The fraction of sp³-hybridized carbons (Fsp3) is 1.00. The SMILES string of the molecule is CCOC1CC(O)C(OCC)O1. The molecule has 0 bridgehead atoms. The molecule has 0 spiro atoms. The number of hydrogen-bond acceptors (Lipinski definition) is 4. The second-order valence-corrected chi connectivity index (χ2v) is 2.65. The van der Waals surface area contributed by atoms with Crippen LogP contribution in [0.2, 0.25) is 0 Å². The molecular formula is C8H16O4. The highest BCUT2D eigenvalue weighted by atomic mass is 16.8. The molecule has 3 atom stereocenters. The van der Waals surface area contributed by atoms with Gasteiger partial charge in [-0.25, -0.2) is 0 Å². The minimum Gasteiger partial charge on any atom is -0.388 e. The number of ether oxygens (including phenoxy) is 3. The van der Waals surface area contributed by atoms with Crippen LogP contribution in [0.1, 0.15) is 20.3 Å². The van der Waals surface area contributed by atoms with Gasteiger partial charge in [0.15, 0.2) is 12.6 Å². The highest BCUT2D eigenvalue weighted by molar-refractivity contribution is 4.70. The Labute approximate surface area is 72.4 Å². The zero-order valence-corrected chi connectivity index (χ0v) is 7.53. The molecule has 0 amide bonds. The van der Waals surface area contributed by atoms with E-state index in [1.54, 1.807) is 0 Å². The van der Waals surface area contributed by atoms with E-state index in [9.17, 15) is 5.11 Å². The first kappa shape index (κ1) is 9.92. The standard InChI is InChI=1S/C8H16O4/c1-3-10-7-5-6(9)8(12-7)11-4-2/h6-9H,3-5H2,1-2H3. The van der Waals surface area contributed by atoms with Gasteiger partial charge < -0.3 is 19.3 Å². The smallest absolute Gasteiger partial charge is 0.186 e. The minimum absolute atomic E-state index is 0.304. The van der Waals surface area contributed by atoms with Gasteiger partial charge >= 0.3 is 0 Å². The van der Waals surface area contributed by atoms with E-state index < -0.39 is 12.4 Å². The molecular weight excluding hydrogens is 160 g/mol. The lowest BCUT2D eigenvalue weighted by Crippen LogP contribution is -2.24. The van der Waals surface area contributed by atoms with Crippen LogP contribution in [0.4, 0.5) is 0 Å². The van der Waals surface area contributed by atoms with Crippen LogP contribution in [0, 0.1) is 0 Å². The topological polar surface area (TPSA) is 47.9 Å². The van der Waals surface area contributed by atoms with Gasteiger partial charge in [0.2, 0.25) is 0 Å². The Kier molecular flexibility index (Phi) is 3.94. The zero-order valence-electron chi connectivity index (χ0n) is 7.53. The predicted octanol–water partition coefficient (Wildman–Crippen LogP) is 0.493. The van der Waals surface area contributed by atoms with Crippen molar-refractivity contribution in [2.75, 3.05) is 13.2 Å². The molecule has 12 heavy (non-hydrogen) atoms. The van der Waals surface area contributed by atoms with E-state index in [4.69, 9.17) is 14.2 Å². The Balaban J connectivity index is 2.29. The molecule has 1 saturated heterocycles. The van der Waals surface area contributed by atoms with Crippen molar-refractivity contribution < 1.29 is 19.3 Å². The van der Waals surface area contributed by atoms with E-state index in [1.165, 1.54) is 0 Å². The third-order valence-corrected chi connectivity index (χ3v) is 1.72. The third kappa shape index (κ3) is 2.42. The summed E-state index contributed by atoms with van der Waals surface area (Å²) in [7, 11) is 0. The van der Waals surface area contributed by atoms with Gasteiger partial charge in [-0.3, -0.25) is 0 Å². The van der Waals surface area contributed by atoms with E-state index in [0.29, 0.717) is 19.6 Å². The molecule has 1 aliphatic heterocycles. The second-order valence-electron chi connectivity index (χ2n) is 2.65. The summed E-state index contributed by atoms with van der Waals surface area (Å²) in [4.78, 5) is 0. The predicted molar refractivity (Wildman–Crippen MR) is 42.5 cm³/mol. The third-order valence-electron chi connectivity index (χ3n) is 1.72. The van der Waals surface area contributed by atoms with E-state index in [0.717, 1.165) is 0 Å². The maximum Gasteiger partial charge on any atom is 0.186 e. The van der Waals surface area contributed by atoms with Crippen molar-refractivity contribution >= 4 is 0 Å². The molecule has 3 unspecified atom stereocenters. The van der Waals surface area contributed by atoms with Crippen molar-refractivity contribution in [2.24, 2.45) is 0 Å². The van der Waals surface area contributed by atoms with Crippen molar-refractivity contribution in [3.63, 3.8) is 0 Å². The van der Waals surface area contributed by atoms with Gasteiger partial charge in [0.05, 0.1) is 0 Å². The summed E-state index contributed by atoms with van der Waals surface area (Å²) in [6.45, 7) is 4.89. The molecule has 0 saturated carbocycles. The summed E-state index contributed by atoms with van der Waals surface area (Å²) in [5.41, 5.74) is 0. The molecule has 1 heterocycles. The number of hydrogen-bond donors (Lipinski definition) is 1. The van der Waals surface area contributed by atoms with Gasteiger partial charge in [-0.1, -0.05) is 0 Å². The lowest BCUT2D eigenvalue weighted by Gasteiger charge is -2.13. The second kappa shape index (κ2) is 4.77. The van der Waals surface area contributed by atoms with Gasteiger partial charge in [0.1, 0.15) is 6.10 Å². The van der Waals surface area contributed by atoms with Gasteiger partial charge in [0, 0.05) is 19.6 Å². The van der Waals surface area contributed by atoms with Crippen molar-refractivity contribution in [1.29, 1.82) is 0 Å². The van der Waals surface area contributed by atoms with Crippen molar-refractivity contribution in [2.45, 2.75) is 39.0 Å². The maximum absolute atomic E-state index is 9.39. The average Bonchev–Trinajstić information content (AvgIpc) is 2.34. The first-order chi connectivity index (χ1) is 5.77. The molecule has 0 aromatic rings. The van der Waals surface area contributed by atoms with Gasteiger partial charge in [0.25, 0.3) is 0 Å². The van der Waals surface area contributed by atoms with Crippen LogP contribution in [0.3, 0.4) is 0 Å². The molecule has 1 rings (SSSR count). The number of aliphatic hydroxyl groups excluding tert-OH is 1. The van der Waals surface area contributed by atoms with E-state index in [-0.39, 0.29) is 6.29 Å². The fourth-order valence-corrected chi connectivity index (χ4v) is 1.21. The average molecular weight is 176 g/mol. The first-order valence-electron chi connectivity index (χ1n) is 4.34. The fourth-order valence-electron chi connectivity index (χ4n) is 1.21.